The minimum Gasteiger partial charge on any atom is -0.348 e. The van der Waals surface area contributed by atoms with Crippen molar-refractivity contribution < 1.29 is 13.5 Å². The number of ether oxygens (including phenoxy) is 1. The Hall–Kier alpha value is -2.72. The Morgan fingerprint density at radius 3 is 2.75 bits per heavy atom. The lowest BCUT2D eigenvalue weighted by Gasteiger charge is -2.16. The summed E-state index contributed by atoms with van der Waals surface area (Å²) < 4.78 is 33.6. The van der Waals surface area contributed by atoms with E-state index in [-0.39, 0.29) is 31.0 Å². The van der Waals surface area contributed by atoms with Gasteiger partial charge < -0.3 is 4.74 Å². The number of halogens is 2. The van der Waals surface area contributed by atoms with Crippen molar-refractivity contribution in [2.24, 2.45) is 0 Å². The van der Waals surface area contributed by atoms with Crippen molar-refractivity contribution in [3.8, 4) is 12.3 Å². The molecule has 0 aliphatic heterocycles. The SMILES string of the molecule is C#CCOCn1c(Cc2cc(F)ccc2F)c(CC)c(=O)[nH]c1=O. The first-order chi connectivity index (χ1) is 11.5. The quantitative estimate of drug-likeness (QED) is 0.644. The fourth-order valence-corrected chi connectivity index (χ4v) is 2.41. The van der Waals surface area contributed by atoms with Crippen LogP contribution in [0.4, 0.5) is 8.78 Å². The van der Waals surface area contributed by atoms with Crippen LogP contribution in [-0.4, -0.2) is 16.2 Å². The molecule has 2 aromatic rings. The van der Waals surface area contributed by atoms with Crippen molar-refractivity contribution in [3.63, 3.8) is 0 Å². The number of nitrogens with one attached hydrogen (secondary N) is 1. The van der Waals surface area contributed by atoms with E-state index in [1.54, 1.807) is 6.92 Å². The molecule has 0 saturated heterocycles. The fourth-order valence-electron chi connectivity index (χ4n) is 2.41. The second kappa shape index (κ2) is 7.70. The van der Waals surface area contributed by atoms with Crippen molar-refractivity contribution in [2.45, 2.75) is 26.5 Å². The van der Waals surface area contributed by atoms with Crippen LogP contribution < -0.4 is 11.2 Å². The molecule has 0 bridgehead atoms. The molecule has 126 valence electrons. The molecular formula is C17H16F2N2O3. The first-order valence-corrected chi connectivity index (χ1v) is 7.28. The van der Waals surface area contributed by atoms with E-state index >= 15 is 0 Å². The highest BCUT2D eigenvalue weighted by atomic mass is 19.1. The molecule has 0 unspecified atom stereocenters. The van der Waals surface area contributed by atoms with Gasteiger partial charge >= 0.3 is 5.69 Å². The number of H-pyrrole nitrogens is 1. The summed E-state index contributed by atoms with van der Waals surface area (Å²) >= 11 is 0. The number of hydrogen-bond donors (Lipinski definition) is 1. The highest BCUT2D eigenvalue weighted by Crippen LogP contribution is 2.16. The summed E-state index contributed by atoms with van der Waals surface area (Å²) in [5, 5.41) is 0. The Labute approximate surface area is 136 Å². The molecule has 0 fully saturated rings. The first-order valence-electron chi connectivity index (χ1n) is 7.28. The Balaban J connectivity index is 2.56. The maximum absolute atomic E-state index is 13.9. The Morgan fingerprint density at radius 1 is 1.33 bits per heavy atom. The molecule has 0 spiro atoms. The van der Waals surface area contributed by atoms with Gasteiger partial charge in [-0.1, -0.05) is 12.8 Å². The number of terminal acetylenes is 1. The third-order valence-corrected chi connectivity index (χ3v) is 3.54. The van der Waals surface area contributed by atoms with Crippen LogP contribution in [0.15, 0.2) is 27.8 Å². The van der Waals surface area contributed by atoms with Gasteiger partial charge in [0.1, 0.15) is 25.0 Å². The molecular weight excluding hydrogens is 318 g/mol. The van der Waals surface area contributed by atoms with Gasteiger partial charge in [0, 0.05) is 17.7 Å². The number of benzene rings is 1. The number of hydrogen-bond acceptors (Lipinski definition) is 3. The molecule has 2 rings (SSSR count). The second-order valence-corrected chi connectivity index (χ2v) is 5.06. The van der Waals surface area contributed by atoms with Crippen LogP contribution in [-0.2, 0) is 24.3 Å². The van der Waals surface area contributed by atoms with Crippen LogP contribution in [0.25, 0.3) is 0 Å². The monoisotopic (exact) mass is 334 g/mol. The predicted octanol–water partition coefficient (Wildman–Crippen LogP) is 1.58. The highest BCUT2D eigenvalue weighted by molar-refractivity contribution is 5.28. The van der Waals surface area contributed by atoms with Crippen LogP contribution in [0.3, 0.4) is 0 Å². The van der Waals surface area contributed by atoms with Gasteiger partial charge in [-0.3, -0.25) is 14.3 Å². The Morgan fingerprint density at radius 2 is 2.08 bits per heavy atom. The summed E-state index contributed by atoms with van der Waals surface area (Å²) in [6.07, 6.45) is 5.29. The topological polar surface area (TPSA) is 64.1 Å². The average Bonchev–Trinajstić information content (AvgIpc) is 2.54. The maximum Gasteiger partial charge on any atom is 0.330 e. The molecule has 1 heterocycles. The third-order valence-electron chi connectivity index (χ3n) is 3.54. The van der Waals surface area contributed by atoms with Crippen molar-refractivity contribution in [3.05, 3.63) is 67.5 Å². The van der Waals surface area contributed by atoms with Crippen molar-refractivity contribution >= 4 is 0 Å². The lowest BCUT2D eigenvalue weighted by Crippen LogP contribution is -2.36. The molecule has 0 saturated carbocycles. The summed E-state index contributed by atoms with van der Waals surface area (Å²) in [6, 6.07) is 3.04. The van der Waals surface area contributed by atoms with Gasteiger partial charge in [0.15, 0.2) is 0 Å². The van der Waals surface area contributed by atoms with E-state index in [0.717, 1.165) is 18.2 Å². The second-order valence-electron chi connectivity index (χ2n) is 5.06. The van der Waals surface area contributed by atoms with Gasteiger partial charge in [-0.2, -0.15) is 0 Å². The molecule has 1 aromatic carbocycles. The van der Waals surface area contributed by atoms with E-state index in [2.05, 4.69) is 10.9 Å². The number of rotatable bonds is 6. The molecule has 7 heteroatoms. The first kappa shape index (κ1) is 17.6. The number of nitrogens with zero attached hydrogens (tertiary/aromatic N) is 1. The maximum atomic E-state index is 13.9. The molecule has 5 nitrogen and oxygen atoms in total. The summed E-state index contributed by atoms with van der Waals surface area (Å²) in [5.41, 5.74) is -0.626. The summed E-state index contributed by atoms with van der Waals surface area (Å²) in [7, 11) is 0. The number of aromatic nitrogens is 2. The van der Waals surface area contributed by atoms with Gasteiger partial charge in [0.2, 0.25) is 0 Å². The van der Waals surface area contributed by atoms with Gasteiger partial charge in [0.25, 0.3) is 5.56 Å². The van der Waals surface area contributed by atoms with Gasteiger partial charge in [-0.15, -0.1) is 6.42 Å². The van der Waals surface area contributed by atoms with Crippen molar-refractivity contribution in [1.82, 2.24) is 9.55 Å². The standard InChI is InChI=1S/C17H16F2N2O3/c1-3-7-24-10-21-15(13(4-2)16(22)20-17(21)23)9-11-8-12(18)5-6-14(11)19/h1,5-6,8H,4,7,9-10H2,2H3,(H,20,22,23). The minimum atomic E-state index is -0.693. The van der Waals surface area contributed by atoms with Crippen LogP contribution in [0, 0.1) is 24.0 Å². The van der Waals surface area contributed by atoms with Gasteiger partial charge in [0.05, 0.1) is 0 Å². The molecule has 24 heavy (non-hydrogen) atoms. The molecule has 1 aromatic heterocycles. The zero-order valence-corrected chi connectivity index (χ0v) is 13.1. The molecule has 0 aliphatic rings. The summed E-state index contributed by atoms with van der Waals surface area (Å²) in [5.74, 6) is 1.04. The van der Waals surface area contributed by atoms with Crippen molar-refractivity contribution in [1.29, 1.82) is 0 Å². The predicted molar refractivity (Wildman–Crippen MR) is 84.6 cm³/mol. The van der Waals surface area contributed by atoms with Gasteiger partial charge in [-0.05, 0) is 30.2 Å². The lowest BCUT2D eigenvalue weighted by molar-refractivity contribution is 0.0980. The fraction of sp³-hybridized carbons (Fsp3) is 0.294. The molecule has 0 radical (unpaired) electrons. The van der Waals surface area contributed by atoms with Gasteiger partial charge in [-0.25, -0.2) is 13.6 Å². The largest absolute Gasteiger partial charge is 0.348 e. The number of aromatic amines is 1. The highest BCUT2D eigenvalue weighted by Gasteiger charge is 2.16. The van der Waals surface area contributed by atoms with Crippen LogP contribution in [0.5, 0.6) is 0 Å². The van der Waals surface area contributed by atoms with E-state index < -0.39 is 22.9 Å². The van der Waals surface area contributed by atoms with E-state index in [4.69, 9.17) is 11.2 Å². The molecule has 0 atom stereocenters. The zero-order valence-electron chi connectivity index (χ0n) is 13.1. The van der Waals surface area contributed by atoms with Crippen LogP contribution in [0.1, 0.15) is 23.7 Å². The third kappa shape index (κ3) is 3.78. The summed E-state index contributed by atoms with van der Waals surface area (Å²) in [4.78, 5) is 26.3. The minimum absolute atomic E-state index is 0.0270. The van der Waals surface area contributed by atoms with Crippen molar-refractivity contribution in [2.75, 3.05) is 6.61 Å². The Kier molecular flexibility index (Phi) is 5.66. The lowest BCUT2D eigenvalue weighted by atomic mass is 10.0. The van der Waals surface area contributed by atoms with E-state index in [0.29, 0.717) is 12.0 Å². The van der Waals surface area contributed by atoms with E-state index in [9.17, 15) is 18.4 Å². The normalized spacial score (nSPS) is 10.6. The van der Waals surface area contributed by atoms with Crippen LogP contribution >= 0.6 is 0 Å². The Bertz CT molecular complexity index is 894. The smallest absolute Gasteiger partial charge is 0.330 e. The van der Waals surface area contributed by atoms with Crippen LogP contribution in [0.2, 0.25) is 0 Å². The van der Waals surface area contributed by atoms with E-state index in [1.165, 1.54) is 4.57 Å². The summed E-state index contributed by atoms with van der Waals surface area (Å²) in [6.45, 7) is 1.51. The molecule has 1 N–H and O–H groups in total. The molecule has 0 amide bonds. The van der Waals surface area contributed by atoms with E-state index in [1.807, 2.05) is 0 Å². The average molecular weight is 334 g/mol. The molecule has 0 aliphatic carbocycles. The zero-order chi connectivity index (χ0) is 17.7.